The summed E-state index contributed by atoms with van der Waals surface area (Å²) in [4.78, 5) is 2.55. The highest BCUT2D eigenvalue weighted by Gasteiger charge is 2.29. The van der Waals surface area contributed by atoms with Crippen molar-refractivity contribution in [1.29, 1.82) is 0 Å². The van der Waals surface area contributed by atoms with Crippen molar-refractivity contribution in [2.45, 2.75) is 52.1 Å². The number of ether oxygens (including phenoxy) is 1. The van der Waals surface area contributed by atoms with Gasteiger partial charge in [-0.25, -0.2) is 0 Å². The average Bonchev–Trinajstić information content (AvgIpc) is 3.29. The lowest BCUT2D eigenvalue weighted by Crippen LogP contribution is -2.40. The standard InChI is InChI=1S/C18H30N2O/c1-4-10-21-17-7-5-6-16(11-17)18(12-19)20(14(2)3)13-15-8-9-15/h5-7,11,14-15,18H,4,8-10,12-13,19H2,1-3H3. The molecule has 1 atom stereocenters. The van der Waals surface area contributed by atoms with Gasteiger partial charge in [-0.2, -0.15) is 0 Å². The average molecular weight is 290 g/mol. The zero-order chi connectivity index (χ0) is 15.2. The molecule has 2 rings (SSSR count). The van der Waals surface area contributed by atoms with E-state index >= 15 is 0 Å². The Balaban J connectivity index is 2.13. The summed E-state index contributed by atoms with van der Waals surface area (Å²) in [6, 6.07) is 9.26. The minimum Gasteiger partial charge on any atom is -0.494 e. The lowest BCUT2D eigenvalue weighted by Gasteiger charge is -2.35. The molecule has 1 aliphatic rings. The van der Waals surface area contributed by atoms with E-state index in [1.807, 2.05) is 6.07 Å². The summed E-state index contributed by atoms with van der Waals surface area (Å²) in [5, 5.41) is 0. The Kier molecular flexibility index (Phi) is 6.07. The molecule has 21 heavy (non-hydrogen) atoms. The van der Waals surface area contributed by atoms with E-state index in [1.54, 1.807) is 0 Å². The van der Waals surface area contributed by atoms with Crippen LogP contribution in [0.15, 0.2) is 24.3 Å². The fourth-order valence-electron chi connectivity index (χ4n) is 2.79. The van der Waals surface area contributed by atoms with Gasteiger partial charge in [0, 0.05) is 25.2 Å². The zero-order valence-corrected chi connectivity index (χ0v) is 13.7. The fraction of sp³-hybridized carbons (Fsp3) is 0.667. The molecule has 3 heteroatoms. The Morgan fingerprint density at radius 1 is 1.33 bits per heavy atom. The quantitative estimate of drug-likeness (QED) is 0.755. The van der Waals surface area contributed by atoms with Gasteiger partial charge in [0.25, 0.3) is 0 Å². The Bertz CT molecular complexity index is 429. The number of hydrogen-bond acceptors (Lipinski definition) is 3. The Morgan fingerprint density at radius 2 is 2.10 bits per heavy atom. The molecular weight excluding hydrogens is 260 g/mol. The maximum absolute atomic E-state index is 6.11. The normalized spacial score (nSPS) is 16.5. The zero-order valence-electron chi connectivity index (χ0n) is 13.7. The van der Waals surface area contributed by atoms with Crippen LogP contribution in [-0.4, -0.2) is 30.6 Å². The number of benzene rings is 1. The molecule has 0 aromatic heterocycles. The van der Waals surface area contributed by atoms with E-state index in [0.717, 1.165) is 24.7 Å². The molecule has 1 saturated carbocycles. The van der Waals surface area contributed by atoms with Gasteiger partial charge in [0.15, 0.2) is 0 Å². The predicted molar refractivity (Wildman–Crippen MR) is 88.6 cm³/mol. The van der Waals surface area contributed by atoms with Crippen molar-refractivity contribution >= 4 is 0 Å². The van der Waals surface area contributed by atoms with Gasteiger partial charge >= 0.3 is 0 Å². The maximum atomic E-state index is 6.11. The third kappa shape index (κ3) is 4.72. The topological polar surface area (TPSA) is 38.5 Å². The molecule has 1 aliphatic carbocycles. The smallest absolute Gasteiger partial charge is 0.119 e. The van der Waals surface area contributed by atoms with Crippen LogP contribution < -0.4 is 10.5 Å². The van der Waals surface area contributed by atoms with E-state index < -0.39 is 0 Å². The molecule has 0 amide bonds. The van der Waals surface area contributed by atoms with Crippen molar-refractivity contribution in [2.24, 2.45) is 11.7 Å². The van der Waals surface area contributed by atoms with Gasteiger partial charge < -0.3 is 10.5 Å². The molecule has 0 heterocycles. The lowest BCUT2D eigenvalue weighted by atomic mass is 10.0. The second kappa shape index (κ2) is 7.81. The van der Waals surface area contributed by atoms with E-state index in [4.69, 9.17) is 10.5 Å². The molecule has 1 unspecified atom stereocenters. The molecule has 1 fully saturated rings. The van der Waals surface area contributed by atoms with Gasteiger partial charge in [-0.15, -0.1) is 0 Å². The van der Waals surface area contributed by atoms with Crippen LogP contribution in [0.2, 0.25) is 0 Å². The van der Waals surface area contributed by atoms with E-state index in [0.29, 0.717) is 12.6 Å². The first-order chi connectivity index (χ1) is 10.2. The van der Waals surface area contributed by atoms with E-state index in [9.17, 15) is 0 Å². The molecule has 2 N–H and O–H groups in total. The molecule has 0 spiro atoms. The van der Waals surface area contributed by atoms with Gasteiger partial charge in [-0.1, -0.05) is 19.1 Å². The van der Waals surface area contributed by atoms with Crippen LogP contribution in [0, 0.1) is 5.92 Å². The number of hydrogen-bond donors (Lipinski definition) is 1. The largest absolute Gasteiger partial charge is 0.494 e. The van der Waals surface area contributed by atoms with Crippen LogP contribution in [0.4, 0.5) is 0 Å². The summed E-state index contributed by atoms with van der Waals surface area (Å²) in [6.07, 6.45) is 3.78. The molecule has 0 aliphatic heterocycles. The highest BCUT2D eigenvalue weighted by atomic mass is 16.5. The van der Waals surface area contributed by atoms with Crippen molar-refractivity contribution in [3.05, 3.63) is 29.8 Å². The summed E-state index contributed by atoms with van der Waals surface area (Å²) in [7, 11) is 0. The molecular formula is C18H30N2O. The Morgan fingerprint density at radius 3 is 2.67 bits per heavy atom. The van der Waals surface area contributed by atoms with Gasteiger partial charge in [0.05, 0.1) is 6.61 Å². The van der Waals surface area contributed by atoms with Crippen molar-refractivity contribution < 1.29 is 4.74 Å². The molecule has 1 aromatic carbocycles. The molecule has 118 valence electrons. The second-order valence-electron chi connectivity index (χ2n) is 6.41. The molecule has 1 aromatic rings. The van der Waals surface area contributed by atoms with Gasteiger partial charge in [0.2, 0.25) is 0 Å². The van der Waals surface area contributed by atoms with Crippen LogP contribution in [0.25, 0.3) is 0 Å². The van der Waals surface area contributed by atoms with Crippen molar-refractivity contribution in [2.75, 3.05) is 19.7 Å². The molecule has 0 saturated heterocycles. The van der Waals surface area contributed by atoms with Gasteiger partial charge in [-0.05, 0) is 56.7 Å². The second-order valence-corrected chi connectivity index (χ2v) is 6.41. The lowest BCUT2D eigenvalue weighted by molar-refractivity contribution is 0.149. The summed E-state index contributed by atoms with van der Waals surface area (Å²) in [6.45, 7) is 9.25. The summed E-state index contributed by atoms with van der Waals surface area (Å²) < 4.78 is 5.76. The number of rotatable bonds is 9. The maximum Gasteiger partial charge on any atom is 0.119 e. The first-order valence-electron chi connectivity index (χ1n) is 8.34. The van der Waals surface area contributed by atoms with Crippen LogP contribution in [-0.2, 0) is 0 Å². The minimum absolute atomic E-state index is 0.288. The van der Waals surface area contributed by atoms with Crippen molar-refractivity contribution in [3.63, 3.8) is 0 Å². The number of nitrogens with zero attached hydrogens (tertiary/aromatic N) is 1. The summed E-state index contributed by atoms with van der Waals surface area (Å²) >= 11 is 0. The minimum atomic E-state index is 0.288. The molecule has 0 bridgehead atoms. The molecule has 0 radical (unpaired) electrons. The third-order valence-corrected chi connectivity index (χ3v) is 4.17. The van der Waals surface area contributed by atoms with Crippen LogP contribution in [0.5, 0.6) is 5.75 Å². The first-order valence-corrected chi connectivity index (χ1v) is 8.34. The number of nitrogens with two attached hydrogens (primary N) is 1. The van der Waals surface area contributed by atoms with E-state index in [2.05, 4.69) is 43.9 Å². The Labute approximate surface area is 129 Å². The predicted octanol–water partition coefficient (Wildman–Crippen LogP) is 3.60. The van der Waals surface area contributed by atoms with Gasteiger partial charge in [0.1, 0.15) is 5.75 Å². The summed E-state index contributed by atoms with van der Waals surface area (Å²) in [5.41, 5.74) is 7.39. The van der Waals surface area contributed by atoms with Crippen LogP contribution >= 0.6 is 0 Å². The SMILES string of the molecule is CCCOc1cccc(C(CN)N(CC2CC2)C(C)C)c1. The fourth-order valence-corrected chi connectivity index (χ4v) is 2.79. The van der Waals surface area contributed by atoms with Gasteiger partial charge in [-0.3, -0.25) is 4.90 Å². The third-order valence-electron chi connectivity index (χ3n) is 4.17. The van der Waals surface area contributed by atoms with Crippen molar-refractivity contribution in [1.82, 2.24) is 4.90 Å². The first kappa shape index (κ1) is 16.3. The highest BCUT2D eigenvalue weighted by molar-refractivity contribution is 5.31. The van der Waals surface area contributed by atoms with E-state index in [-0.39, 0.29) is 6.04 Å². The van der Waals surface area contributed by atoms with Crippen LogP contribution in [0.3, 0.4) is 0 Å². The summed E-state index contributed by atoms with van der Waals surface area (Å²) in [5.74, 6) is 1.84. The van der Waals surface area contributed by atoms with Crippen LogP contribution in [0.1, 0.15) is 51.6 Å². The monoisotopic (exact) mass is 290 g/mol. The highest BCUT2D eigenvalue weighted by Crippen LogP contribution is 2.34. The van der Waals surface area contributed by atoms with E-state index in [1.165, 1.54) is 24.9 Å². The molecule has 3 nitrogen and oxygen atoms in total. The van der Waals surface area contributed by atoms with Crippen molar-refractivity contribution in [3.8, 4) is 5.75 Å². The Hall–Kier alpha value is -1.06.